The summed E-state index contributed by atoms with van der Waals surface area (Å²) in [5, 5.41) is 4.04. The van der Waals surface area contributed by atoms with Gasteiger partial charge in [0.15, 0.2) is 0 Å². The molecule has 0 spiro atoms. The highest BCUT2D eigenvalue weighted by atomic mass is 35.5. The van der Waals surface area contributed by atoms with Crippen molar-refractivity contribution in [3.05, 3.63) is 72.3 Å². The van der Waals surface area contributed by atoms with Crippen LogP contribution in [0.5, 0.6) is 0 Å². The van der Waals surface area contributed by atoms with Gasteiger partial charge < -0.3 is 16.2 Å². The summed E-state index contributed by atoms with van der Waals surface area (Å²) in [4.78, 5) is 12.3. The Labute approximate surface area is 163 Å². The fourth-order valence-electron chi connectivity index (χ4n) is 3.45. The molecule has 4 aromatic rings. The number of benzene rings is 4. The number of carbonyl (C=O) groups is 1. The number of anilines is 2. The molecule has 0 amide bonds. The highest BCUT2D eigenvalue weighted by Gasteiger charge is 2.17. The van der Waals surface area contributed by atoms with Gasteiger partial charge in [0.1, 0.15) is 0 Å². The number of ether oxygens (including phenoxy) is 1. The van der Waals surface area contributed by atoms with Gasteiger partial charge in [-0.3, -0.25) is 0 Å². The third kappa shape index (κ3) is 3.15. The van der Waals surface area contributed by atoms with Crippen molar-refractivity contribution in [3.63, 3.8) is 0 Å². The Morgan fingerprint density at radius 2 is 1.37 bits per heavy atom. The first-order valence-electron chi connectivity index (χ1n) is 8.27. The minimum atomic E-state index is -0.364. The first-order valence-corrected chi connectivity index (χ1v) is 8.27. The summed E-state index contributed by atoms with van der Waals surface area (Å²) in [6, 6.07) is 21.1. The maximum atomic E-state index is 12.3. The molecule has 5 heteroatoms. The van der Waals surface area contributed by atoms with Crippen LogP contribution in [0.4, 0.5) is 11.4 Å². The van der Waals surface area contributed by atoms with Crippen LogP contribution in [-0.2, 0) is 4.74 Å². The van der Waals surface area contributed by atoms with E-state index in [9.17, 15) is 4.79 Å². The van der Waals surface area contributed by atoms with Gasteiger partial charge in [0, 0.05) is 11.4 Å². The second-order valence-electron chi connectivity index (χ2n) is 6.25. The fourth-order valence-corrected chi connectivity index (χ4v) is 3.45. The largest absolute Gasteiger partial charge is 0.465 e. The predicted molar refractivity (Wildman–Crippen MR) is 114 cm³/mol. The van der Waals surface area contributed by atoms with E-state index in [-0.39, 0.29) is 18.4 Å². The number of nitrogens with two attached hydrogens (primary N) is 2. The zero-order valence-electron chi connectivity index (χ0n) is 14.7. The van der Waals surface area contributed by atoms with Gasteiger partial charge in [0.25, 0.3) is 0 Å². The summed E-state index contributed by atoms with van der Waals surface area (Å²) in [5.74, 6) is -0.364. The fraction of sp³-hybridized carbons (Fsp3) is 0.0455. The number of hydrogen-bond acceptors (Lipinski definition) is 4. The molecule has 4 nitrogen and oxygen atoms in total. The van der Waals surface area contributed by atoms with Gasteiger partial charge in [-0.1, -0.05) is 30.3 Å². The molecule has 4 N–H and O–H groups in total. The molecule has 0 aliphatic heterocycles. The summed E-state index contributed by atoms with van der Waals surface area (Å²) >= 11 is 0. The number of carbonyl (C=O) groups excluding carboxylic acids is 1. The Bertz CT molecular complexity index is 1110. The molecule has 0 aliphatic carbocycles. The zero-order chi connectivity index (χ0) is 18.3. The molecular formula is C22H19ClN2O2. The third-order valence-electron chi connectivity index (χ3n) is 4.60. The smallest absolute Gasteiger partial charge is 0.338 e. The second kappa shape index (κ2) is 7.17. The molecule has 0 aromatic heterocycles. The number of fused-ring (bicyclic) bond motifs is 2. The second-order valence-corrected chi connectivity index (χ2v) is 6.25. The molecule has 0 saturated carbocycles. The van der Waals surface area contributed by atoms with E-state index in [0.717, 1.165) is 32.7 Å². The van der Waals surface area contributed by atoms with Crippen molar-refractivity contribution < 1.29 is 9.53 Å². The SMILES string of the molecule is COC(=O)c1ccccc1-c1c2ccc(N)cc2cc2cc(N)ccc12.Cl. The van der Waals surface area contributed by atoms with Gasteiger partial charge in [-0.2, -0.15) is 0 Å². The van der Waals surface area contributed by atoms with Crippen molar-refractivity contribution >= 4 is 51.3 Å². The number of hydrogen-bond donors (Lipinski definition) is 2. The quantitative estimate of drug-likeness (QED) is 0.291. The highest BCUT2D eigenvalue weighted by molar-refractivity contribution is 6.16. The van der Waals surface area contributed by atoms with Gasteiger partial charge in [0.2, 0.25) is 0 Å². The van der Waals surface area contributed by atoms with Gasteiger partial charge in [-0.05, 0) is 69.1 Å². The Morgan fingerprint density at radius 1 is 0.815 bits per heavy atom. The molecule has 4 rings (SSSR count). The first-order chi connectivity index (χ1) is 12.6. The normalized spacial score (nSPS) is 10.6. The maximum Gasteiger partial charge on any atom is 0.338 e. The van der Waals surface area contributed by atoms with E-state index in [1.165, 1.54) is 7.11 Å². The monoisotopic (exact) mass is 378 g/mol. The topological polar surface area (TPSA) is 78.3 Å². The molecule has 0 bridgehead atoms. The van der Waals surface area contributed by atoms with E-state index in [4.69, 9.17) is 16.2 Å². The summed E-state index contributed by atoms with van der Waals surface area (Å²) in [7, 11) is 1.39. The minimum Gasteiger partial charge on any atom is -0.465 e. The van der Waals surface area contributed by atoms with Gasteiger partial charge in [0.05, 0.1) is 12.7 Å². The van der Waals surface area contributed by atoms with Crippen LogP contribution < -0.4 is 11.5 Å². The lowest BCUT2D eigenvalue weighted by molar-refractivity contribution is 0.0601. The highest BCUT2D eigenvalue weighted by Crippen LogP contribution is 2.39. The molecule has 0 fully saturated rings. The Kier molecular flexibility index (Phi) is 4.93. The van der Waals surface area contributed by atoms with Crippen molar-refractivity contribution in [3.8, 4) is 11.1 Å². The molecular weight excluding hydrogens is 360 g/mol. The van der Waals surface area contributed by atoms with E-state index in [1.807, 2.05) is 54.6 Å². The Morgan fingerprint density at radius 3 is 1.93 bits per heavy atom. The van der Waals surface area contributed by atoms with Gasteiger partial charge in [-0.25, -0.2) is 4.79 Å². The zero-order valence-corrected chi connectivity index (χ0v) is 15.5. The van der Waals surface area contributed by atoms with Crippen LogP contribution in [0.3, 0.4) is 0 Å². The van der Waals surface area contributed by atoms with Crippen LogP contribution in [0, 0.1) is 0 Å². The summed E-state index contributed by atoms with van der Waals surface area (Å²) in [6.07, 6.45) is 0. The molecule has 0 aliphatic rings. The van der Waals surface area contributed by atoms with Crippen LogP contribution in [0.25, 0.3) is 32.7 Å². The number of esters is 1. The van der Waals surface area contributed by atoms with Crippen LogP contribution in [0.15, 0.2) is 66.7 Å². The molecule has 4 aromatic carbocycles. The summed E-state index contributed by atoms with van der Waals surface area (Å²) in [6.45, 7) is 0. The van der Waals surface area contributed by atoms with Crippen molar-refractivity contribution in [1.82, 2.24) is 0 Å². The first kappa shape index (κ1) is 18.5. The van der Waals surface area contributed by atoms with E-state index in [2.05, 4.69) is 6.07 Å². The van der Waals surface area contributed by atoms with Crippen LogP contribution in [0.2, 0.25) is 0 Å². The number of halogens is 1. The van der Waals surface area contributed by atoms with E-state index in [1.54, 1.807) is 6.07 Å². The number of methoxy groups -OCH3 is 1. The molecule has 0 heterocycles. The number of rotatable bonds is 2. The van der Waals surface area contributed by atoms with Crippen molar-refractivity contribution in [1.29, 1.82) is 0 Å². The van der Waals surface area contributed by atoms with Crippen LogP contribution in [-0.4, -0.2) is 13.1 Å². The lowest BCUT2D eigenvalue weighted by atomic mass is 9.89. The van der Waals surface area contributed by atoms with Crippen LogP contribution in [0.1, 0.15) is 10.4 Å². The molecule has 0 radical (unpaired) electrons. The standard InChI is InChI=1S/C22H18N2O2.ClH/c1-26-22(25)20-5-3-2-4-19(20)21-17-8-6-15(23)11-13(17)10-14-12-16(24)7-9-18(14)21;/h2-12H,23-24H2,1H3;1H. The Balaban J connectivity index is 0.00000210. The maximum absolute atomic E-state index is 12.3. The molecule has 0 unspecified atom stereocenters. The lowest BCUT2D eigenvalue weighted by Crippen LogP contribution is -2.03. The lowest BCUT2D eigenvalue weighted by Gasteiger charge is -2.15. The predicted octanol–water partition coefficient (Wildman–Crippen LogP) is 5.03. The van der Waals surface area contributed by atoms with Gasteiger partial charge in [-0.15, -0.1) is 12.4 Å². The molecule has 27 heavy (non-hydrogen) atoms. The average Bonchev–Trinajstić information content (AvgIpc) is 2.65. The van der Waals surface area contributed by atoms with Crippen molar-refractivity contribution in [2.45, 2.75) is 0 Å². The minimum absolute atomic E-state index is 0. The molecule has 0 atom stereocenters. The van der Waals surface area contributed by atoms with Gasteiger partial charge >= 0.3 is 5.97 Å². The number of nitrogen functional groups attached to an aromatic ring is 2. The molecule has 0 saturated heterocycles. The van der Waals surface area contributed by atoms with E-state index >= 15 is 0 Å². The third-order valence-corrected chi connectivity index (χ3v) is 4.60. The summed E-state index contributed by atoms with van der Waals surface area (Å²) in [5.41, 5.74) is 15.7. The van der Waals surface area contributed by atoms with Crippen molar-refractivity contribution in [2.75, 3.05) is 18.6 Å². The average molecular weight is 379 g/mol. The van der Waals surface area contributed by atoms with Crippen molar-refractivity contribution in [2.24, 2.45) is 0 Å². The Hall–Kier alpha value is -3.24. The van der Waals surface area contributed by atoms with E-state index < -0.39 is 0 Å². The van der Waals surface area contributed by atoms with E-state index in [0.29, 0.717) is 16.9 Å². The molecule has 136 valence electrons. The van der Waals surface area contributed by atoms with Crippen LogP contribution >= 0.6 is 12.4 Å². The summed E-state index contributed by atoms with van der Waals surface area (Å²) < 4.78 is 4.98.